The molecule has 0 unspecified atom stereocenters. The second kappa shape index (κ2) is 7.78. The van der Waals surface area contributed by atoms with Crippen LogP contribution < -0.4 is 15.8 Å². The number of amides is 2. The van der Waals surface area contributed by atoms with E-state index >= 15 is 0 Å². The molecule has 2 amide bonds. The van der Waals surface area contributed by atoms with Gasteiger partial charge in [-0.15, -0.1) is 0 Å². The van der Waals surface area contributed by atoms with Crippen molar-refractivity contribution in [3.63, 3.8) is 0 Å². The second-order valence-electron chi connectivity index (χ2n) is 7.78. The zero-order valence-corrected chi connectivity index (χ0v) is 17.4. The van der Waals surface area contributed by atoms with Gasteiger partial charge >= 0.3 is 0 Å². The maximum Gasteiger partial charge on any atom is 0.258 e. The van der Waals surface area contributed by atoms with Gasteiger partial charge in [-0.05, 0) is 73.7 Å². The Kier molecular flexibility index (Phi) is 5.16. The van der Waals surface area contributed by atoms with Gasteiger partial charge in [0.25, 0.3) is 11.5 Å². The van der Waals surface area contributed by atoms with Crippen molar-refractivity contribution in [3.8, 4) is 0 Å². The van der Waals surface area contributed by atoms with E-state index in [2.05, 4.69) is 5.32 Å². The summed E-state index contributed by atoms with van der Waals surface area (Å²) in [5.74, 6) is 0.143. The van der Waals surface area contributed by atoms with Crippen LogP contribution in [-0.2, 0) is 11.3 Å². The average Bonchev–Trinajstić information content (AvgIpc) is 3.57. The summed E-state index contributed by atoms with van der Waals surface area (Å²) in [5, 5.41) is 3.74. The van der Waals surface area contributed by atoms with Gasteiger partial charge in [-0.2, -0.15) is 0 Å². The number of fused-ring (bicyclic) bond motifs is 1. The van der Waals surface area contributed by atoms with E-state index in [-0.39, 0.29) is 17.4 Å². The van der Waals surface area contributed by atoms with E-state index in [4.69, 9.17) is 0 Å². The van der Waals surface area contributed by atoms with Crippen molar-refractivity contribution in [3.05, 3.63) is 70.0 Å². The first kappa shape index (κ1) is 19.9. The first-order valence-corrected chi connectivity index (χ1v) is 10.2. The van der Waals surface area contributed by atoms with Crippen LogP contribution in [0.15, 0.2) is 53.3 Å². The number of hydrogen-bond donors (Lipinski definition) is 1. The Morgan fingerprint density at radius 3 is 2.40 bits per heavy atom. The number of hydrogen-bond acceptors (Lipinski definition) is 3. The van der Waals surface area contributed by atoms with E-state index in [1.54, 1.807) is 46.8 Å². The van der Waals surface area contributed by atoms with E-state index in [0.29, 0.717) is 23.7 Å². The molecule has 4 rings (SSSR count). The number of carbonyl (C=O) groups is 2. The largest absolute Gasteiger partial charge is 0.326 e. The summed E-state index contributed by atoms with van der Waals surface area (Å²) < 4.78 is 1.77. The van der Waals surface area contributed by atoms with Gasteiger partial charge in [0, 0.05) is 48.9 Å². The second-order valence-corrected chi connectivity index (χ2v) is 7.78. The Morgan fingerprint density at radius 1 is 1.10 bits per heavy atom. The standard InChI is InChI=1S/C24H25N3O3/c1-4-27-22-12-11-19(13-21(22)20(14-23(27)29)16-5-6-16)26(3)24(30)17-7-9-18(10-8-17)25-15(2)28/h7-14,16H,4-6H2,1-3H3,(H,25,28). The number of pyridine rings is 1. The van der Waals surface area contributed by atoms with E-state index < -0.39 is 0 Å². The number of anilines is 2. The summed E-state index contributed by atoms with van der Waals surface area (Å²) >= 11 is 0. The SMILES string of the molecule is CCn1c(=O)cc(C2CC2)c2cc(N(C)C(=O)c3ccc(NC(C)=O)cc3)ccc21. The van der Waals surface area contributed by atoms with Crippen LogP contribution in [-0.4, -0.2) is 23.4 Å². The van der Waals surface area contributed by atoms with Gasteiger partial charge in [-0.1, -0.05) is 0 Å². The Hall–Kier alpha value is -3.41. The summed E-state index contributed by atoms with van der Waals surface area (Å²) in [6.07, 6.45) is 2.20. The highest BCUT2D eigenvalue weighted by Gasteiger charge is 2.27. The number of aryl methyl sites for hydroxylation is 1. The van der Waals surface area contributed by atoms with Crippen LogP contribution in [0.4, 0.5) is 11.4 Å². The third-order valence-electron chi connectivity index (χ3n) is 5.60. The highest BCUT2D eigenvalue weighted by molar-refractivity contribution is 6.07. The molecule has 1 aliphatic rings. The molecule has 6 nitrogen and oxygen atoms in total. The van der Waals surface area contributed by atoms with Crippen molar-refractivity contribution in [1.29, 1.82) is 0 Å². The molecule has 1 heterocycles. The maximum atomic E-state index is 13.0. The number of benzene rings is 2. The lowest BCUT2D eigenvalue weighted by Gasteiger charge is -2.20. The van der Waals surface area contributed by atoms with E-state index in [9.17, 15) is 14.4 Å². The fourth-order valence-electron chi connectivity index (χ4n) is 3.88. The summed E-state index contributed by atoms with van der Waals surface area (Å²) in [7, 11) is 1.75. The lowest BCUT2D eigenvalue weighted by atomic mass is 10.0. The quantitative estimate of drug-likeness (QED) is 0.696. The number of carbonyl (C=O) groups excluding carboxylic acids is 2. The molecular weight excluding hydrogens is 378 g/mol. The van der Waals surface area contributed by atoms with Crippen LogP contribution in [0.2, 0.25) is 0 Å². The molecule has 0 atom stereocenters. The molecule has 30 heavy (non-hydrogen) atoms. The molecule has 2 aromatic carbocycles. The van der Waals surface area contributed by atoms with Gasteiger partial charge in [-0.25, -0.2) is 0 Å². The predicted molar refractivity (Wildman–Crippen MR) is 119 cm³/mol. The van der Waals surface area contributed by atoms with Crippen molar-refractivity contribution in [2.45, 2.75) is 39.2 Å². The lowest BCUT2D eigenvalue weighted by molar-refractivity contribution is -0.114. The molecule has 0 radical (unpaired) electrons. The zero-order chi connectivity index (χ0) is 21.4. The van der Waals surface area contributed by atoms with Gasteiger partial charge in [-0.3, -0.25) is 14.4 Å². The number of aromatic nitrogens is 1. The Bertz CT molecular complexity index is 1190. The Morgan fingerprint density at radius 2 is 1.80 bits per heavy atom. The molecule has 1 aliphatic carbocycles. The normalized spacial score (nSPS) is 13.3. The molecular formula is C24H25N3O3. The minimum Gasteiger partial charge on any atom is -0.326 e. The van der Waals surface area contributed by atoms with Crippen molar-refractivity contribution in [1.82, 2.24) is 4.57 Å². The van der Waals surface area contributed by atoms with Crippen LogP contribution in [0.1, 0.15) is 48.5 Å². The first-order chi connectivity index (χ1) is 14.4. The summed E-state index contributed by atoms with van der Waals surface area (Å²) in [6.45, 7) is 4.02. The molecule has 6 heteroatoms. The molecule has 1 aromatic heterocycles. The monoisotopic (exact) mass is 403 g/mol. The van der Waals surface area contributed by atoms with Gasteiger partial charge in [0.1, 0.15) is 0 Å². The topological polar surface area (TPSA) is 71.4 Å². The van der Waals surface area contributed by atoms with E-state index in [1.165, 1.54) is 6.92 Å². The third kappa shape index (κ3) is 3.73. The Balaban J connectivity index is 1.69. The molecule has 0 spiro atoms. The minimum absolute atomic E-state index is 0.0309. The molecule has 0 bridgehead atoms. The van der Waals surface area contributed by atoms with Gasteiger partial charge < -0.3 is 14.8 Å². The first-order valence-electron chi connectivity index (χ1n) is 10.2. The smallest absolute Gasteiger partial charge is 0.258 e. The molecule has 1 saturated carbocycles. The minimum atomic E-state index is -0.153. The lowest BCUT2D eigenvalue weighted by Crippen LogP contribution is -2.26. The summed E-state index contributed by atoms with van der Waals surface area (Å²) in [4.78, 5) is 38.3. The van der Waals surface area contributed by atoms with Crippen molar-refractivity contribution < 1.29 is 9.59 Å². The fraction of sp³-hybridized carbons (Fsp3) is 0.292. The number of nitrogens with zero attached hydrogens (tertiary/aromatic N) is 2. The molecule has 3 aromatic rings. The van der Waals surface area contributed by atoms with Crippen LogP contribution in [0, 0.1) is 0 Å². The molecule has 0 aliphatic heterocycles. The highest BCUT2D eigenvalue weighted by Crippen LogP contribution is 2.43. The maximum absolute atomic E-state index is 13.0. The average molecular weight is 403 g/mol. The molecule has 1 N–H and O–H groups in total. The van der Waals surface area contributed by atoms with Gasteiger partial charge in [0.05, 0.1) is 5.52 Å². The third-order valence-corrected chi connectivity index (χ3v) is 5.60. The fourth-order valence-corrected chi connectivity index (χ4v) is 3.88. The van der Waals surface area contributed by atoms with E-state index in [1.807, 2.05) is 25.1 Å². The van der Waals surface area contributed by atoms with Crippen LogP contribution in [0.25, 0.3) is 10.9 Å². The molecule has 1 fully saturated rings. The Labute approximate surface area is 175 Å². The molecule has 154 valence electrons. The van der Waals surface area contributed by atoms with Crippen LogP contribution >= 0.6 is 0 Å². The van der Waals surface area contributed by atoms with Gasteiger partial charge in [0.15, 0.2) is 0 Å². The van der Waals surface area contributed by atoms with Crippen LogP contribution in [0.3, 0.4) is 0 Å². The summed E-state index contributed by atoms with van der Waals surface area (Å²) in [6, 6.07) is 14.4. The predicted octanol–water partition coefficient (Wildman–Crippen LogP) is 4.13. The molecule has 0 saturated heterocycles. The van der Waals surface area contributed by atoms with Gasteiger partial charge in [0.2, 0.25) is 5.91 Å². The zero-order valence-electron chi connectivity index (χ0n) is 17.4. The van der Waals surface area contributed by atoms with E-state index in [0.717, 1.165) is 35.0 Å². The summed E-state index contributed by atoms with van der Waals surface area (Å²) in [5.41, 5.74) is 4.00. The highest BCUT2D eigenvalue weighted by atomic mass is 16.2. The van der Waals surface area contributed by atoms with Crippen molar-refractivity contribution >= 4 is 34.1 Å². The number of rotatable bonds is 5. The van der Waals surface area contributed by atoms with Crippen molar-refractivity contribution in [2.24, 2.45) is 0 Å². The van der Waals surface area contributed by atoms with Crippen LogP contribution in [0.5, 0.6) is 0 Å². The number of nitrogens with one attached hydrogen (secondary N) is 1. The van der Waals surface area contributed by atoms with Crippen molar-refractivity contribution in [2.75, 3.05) is 17.3 Å².